The Hall–Kier alpha value is -2.49. The number of aryl methyl sites for hydroxylation is 2. The Morgan fingerprint density at radius 1 is 1.20 bits per heavy atom. The van der Waals surface area contributed by atoms with Crippen LogP contribution in [0.15, 0.2) is 24.4 Å². The van der Waals surface area contributed by atoms with Gasteiger partial charge in [0.15, 0.2) is 11.6 Å². The summed E-state index contributed by atoms with van der Waals surface area (Å²) in [6, 6.07) is 3.87. The van der Waals surface area contributed by atoms with Crippen LogP contribution in [0.3, 0.4) is 0 Å². The van der Waals surface area contributed by atoms with E-state index in [9.17, 15) is 4.39 Å². The molecule has 5 N–H and O–H groups in total. The average molecular weight is 435 g/mol. The second-order valence-electron chi connectivity index (χ2n) is 7.12. The highest BCUT2D eigenvalue weighted by atomic mass is 32.2. The molecule has 1 atom stereocenters. The van der Waals surface area contributed by atoms with Crippen LogP contribution in [0.5, 0.6) is 11.6 Å². The zero-order chi connectivity index (χ0) is 22.4. The molecule has 0 unspecified atom stereocenters. The maximum atomic E-state index is 14.4. The molecule has 0 spiro atoms. The van der Waals surface area contributed by atoms with Gasteiger partial charge in [-0.15, -0.1) is 0 Å². The van der Waals surface area contributed by atoms with Crippen LogP contribution in [0, 0.1) is 30.5 Å². The van der Waals surface area contributed by atoms with Crippen LogP contribution in [0.25, 0.3) is 0 Å². The van der Waals surface area contributed by atoms with Crippen LogP contribution < -0.4 is 15.2 Å². The molecule has 1 aromatic carbocycles. The van der Waals surface area contributed by atoms with Gasteiger partial charge in [-0.1, -0.05) is 11.8 Å². The van der Waals surface area contributed by atoms with Crippen molar-refractivity contribution in [3.8, 4) is 11.6 Å². The second kappa shape index (κ2) is 10.5. The number of ether oxygens (including phenoxy) is 2. The highest BCUT2D eigenvalue weighted by molar-refractivity contribution is 8.27. The maximum Gasteiger partial charge on any atom is 0.216 e. The van der Waals surface area contributed by atoms with Crippen molar-refractivity contribution >= 4 is 21.8 Å². The minimum atomic E-state index is -0.634. The van der Waals surface area contributed by atoms with Crippen molar-refractivity contribution < 1.29 is 19.0 Å². The van der Waals surface area contributed by atoms with Gasteiger partial charge in [0.1, 0.15) is 16.7 Å². The molecule has 7 nitrogen and oxygen atoms in total. The van der Waals surface area contributed by atoms with E-state index in [1.54, 1.807) is 13.0 Å². The highest BCUT2D eigenvalue weighted by Crippen LogP contribution is 2.27. The third-order valence-electron chi connectivity index (χ3n) is 4.05. The minimum absolute atomic E-state index is 0.00625. The van der Waals surface area contributed by atoms with E-state index < -0.39 is 11.9 Å². The van der Waals surface area contributed by atoms with Gasteiger partial charge in [-0.05, 0) is 51.5 Å². The summed E-state index contributed by atoms with van der Waals surface area (Å²) in [5.74, 6) is -0.116. The molecule has 162 valence electrons. The van der Waals surface area contributed by atoms with E-state index in [0.717, 1.165) is 17.3 Å². The number of benzene rings is 1. The molecule has 0 amide bonds. The fourth-order valence-corrected chi connectivity index (χ4v) is 3.27. The van der Waals surface area contributed by atoms with Crippen LogP contribution in [-0.2, 0) is 0 Å². The molecule has 0 aliphatic rings. The van der Waals surface area contributed by atoms with Crippen molar-refractivity contribution in [2.75, 3.05) is 13.2 Å². The number of nitrogens with zero attached hydrogens (tertiary/aromatic N) is 1. The molecule has 0 saturated carbocycles. The molecular formula is C21H27FN4O3S. The van der Waals surface area contributed by atoms with Crippen molar-refractivity contribution in [3.05, 3.63) is 52.5 Å². The van der Waals surface area contributed by atoms with Crippen LogP contribution in [0.1, 0.15) is 36.1 Å². The number of hydrogen-bond donors (Lipinski definition) is 4. The molecule has 0 aliphatic carbocycles. The molecule has 2 aromatic rings. The molecule has 1 heterocycles. The van der Waals surface area contributed by atoms with E-state index in [1.807, 2.05) is 20.8 Å². The van der Waals surface area contributed by atoms with E-state index in [-0.39, 0.29) is 35.2 Å². The van der Waals surface area contributed by atoms with Gasteiger partial charge >= 0.3 is 0 Å². The first-order valence-corrected chi connectivity index (χ1v) is 10.2. The SMILES string of the molecule is Cc1cc(OC[C@H](N)CO)c(F)cc1C(=N)SC(=N)c1cnc(OC(C)C)c(C)c1. The summed E-state index contributed by atoms with van der Waals surface area (Å²) in [6.07, 6.45) is 1.52. The van der Waals surface area contributed by atoms with Gasteiger partial charge in [0.05, 0.1) is 18.8 Å². The topological polar surface area (TPSA) is 125 Å². The van der Waals surface area contributed by atoms with Gasteiger partial charge in [0.2, 0.25) is 5.88 Å². The van der Waals surface area contributed by atoms with Crippen LogP contribution in [0.4, 0.5) is 4.39 Å². The third-order valence-corrected chi connectivity index (χ3v) is 4.92. The summed E-state index contributed by atoms with van der Waals surface area (Å²) < 4.78 is 25.3. The number of nitrogens with one attached hydrogen (secondary N) is 2. The van der Waals surface area contributed by atoms with Crippen molar-refractivity contribution in [1.82, 2.24) is 4.98 Å². The van der Waals surface area contributed by atoms with E-state index in [1.165, 1.54) is 18.3 Å². The van der Waals surface area contributed by atoms with Gasteiger partial charge in [-0.2, -0.15) is 0 Å². The second-order valence-corrected chi connectivity index (χ2v) is 8.14. The zero-order valence-corrected chi connectivity index (χ0v) is 18.3. The molecule has 0 fully saturated rings. The molecule has 0 bridgehead atoms. The zero-order valence-electron chi connectivity index (χ0n) is 17.5. The standard InChI is InChI=1S/C21H27FN4O3S/c1-11(2)29-21-13(4)5-14(8-26-21)19(24)30-20(25)16-7-17(22)18(6-12(16)3)28-10-15(23)9-27/h5-8,11,15,24-25,27H,9-10,23H2,1-4H3/t15-/m1/s1. The number of pyridine rings is 1. The van der Waals surface area contributed by atoms with Crippen molar-refractivity contribution in [1.29, 1.82) is 10.8 Å². The first-order chi connectivity index (χ1) is 14.1. The number of nitrogens with two attached hydrogens (primary N) is 1. The smallest absolute Gasteiger partial charge is 0.216 e. The van der Waals surface area contributed by atoms with Crippen molar-refractivity contribution in [3.63, 3.8) is 0 Å². The first-order valence-electron chi connectivity index (χ1n) is 9.40. The fraction of sp³-hybridized carbons (Fsp3) is 0.381. The molecule has 9 heteroatoms. The monoisotopic (exact) mass is 434 g/mol. The molecule has 0 saturated heterocycles. The Morgan fingerprint density at radius 3 is 2.50 bits per heavy atom. The Morgan fingerprint density at radius 2 is 1.90 bits per heavy atom. The quantitative estimate of drug-likeness (QED) is 0.373. The van der Waals surface area contributed by atoms with E-state index in [4.69, 9.17) is 31.1 Å². The van der Waals surface area contributed by atoms with Gasteiger partial charge in [-0.25, -0.2) is 9.37 Å². The Labute approximate surface area is 179 Å². The average Bonchev–Trinajstić information content (AvgIpc) is 2.68. The van der Waals surface area contributed by atoms with Crippen LogP contribution in [-0.4, -0.2) is 45.5 Å². The molecule has 1 aromatic heterocycles. The van der Waals surface area contributed by atoms with Gasteiger partial charge in [0, 0.05) is 22.9 Å². The largest absolute Gasteiger partial charge is 0.489 e. The molecule has 0 radical (unpaired) electrons. The first kappa shape index (κ1) is 23.8. The molecule has 0 aliphatic heterocycles. The summed E-state index contributed by atoms with van der Waals surface area (Å²) in [4.78, 5) is 4.25. The lowest BCUT2D eigenvalue weighted by Crippen LogP contribution is -2.31. The van der Waals surface area contributed by atoms with Gasteiger partial charge in [-0.3, -0.25) is 10.8 Å². The van der Waals surface area contributed by atoms with Crippen molar-refractivity contribution in [2.24, 2.45) is 5.73 Å². The number of halogens is 1. The summed E-state index contributed by atoms with van der Waals surface area (Å²) in [5.41, 5.74) is 7.91. The van der Waals surface area contributed by atoms with Crippen LogP contribution >= 0.6 is 11.8 Å². The normalized spacial score (nSPS) is 12.0. The third kappa shape index (κ3) is 6.25. The van der Waals surface area contributed by atoms with Gasteiger partial charge < -0.3 is 20.3 Å². The number of aromatic nitrogens is 1. The molecule has 2 rings (SSSR count). The lowest BCUT2D eigenvalue weighted by atomic mass is 10.1. The predicted molar refractivity (Wildman–Crippen MR) is 118 cm³/mol. The summed E-state index contributed by atoms with van der Waals surface area (Å²) in [6.45, 7) is 7.11. The molecular weight excluding hydrogens is 407 g/mol. The Bertz CT molecular complexity index is 937. The number of aliphatic hydroxyl groups is 1. The number of hydrogen-bond acceptors (Lipinski definition) is 8. The Balaban J connectivity index is 2.12. The highest BCUT2D eigenvalue weighted by Gasteiger charge is 2.16. The lowest BCUT2D eigenvalue weighted by molar-refractivity contribution is 0.202. The minimum Gasteiger partial charge on any atom is -0.489 e. The van der Waals surface area contributed by atoms with E-state index in [2.05, 4.69) is 4.98 Å². The molecule has 30 heavy (non-hydrogen) atoms. The summed E-state index contributed by atoms with van der Waals surface area (Å²) in [5, 5.41) is 25.7. The maximum absolute atomic E-state index is 14.4. The van der Waals surface area contributed by atoms with Crippen molar-refractivity contribution in [2.45, 2.75) is 39.8 Å². The fourth-order valence-electron chi connectivity index (χ4n) is 2.51. The lowest BCUT2D eigenvalue weighted by Gasteiger charge is -2.15. The predicted octanol–water partition coefficient (Wildman–Crippen LogP) is 3.41. The van der Waals surface area contributed by atoms with E-state index in [0.29, 0.717) is 22.6 Å². The number of aliphatic hydroxyl groups excluding tert-OH is 1. The summed E-state index contributed by atoms with van der Waals surface area (Å²) >= 11 is 0.910. The van der Waals surface area contributed by atoms with Gasteiger partial charge in [0.25, 0.3) is 0 Å². The van der Waals surface area contributed by atoms with E-state index >= 15 is 0 Å². The summed E-state index contributed by atoms with van der Waals surface area (Å²) in [7, 11) is 0. The number of rotatable bonds is 8. The van der Waals surface area contributed by atoms with Crippen LogP contribution in [0.2, 0.25) is 0 Å². The Kier molecular flexibility index (Phi) is 8.33. The number of thioether (sulfide) groups is 1.